The molecule has 1 aromatic carbocycles. The van der Waals surface area contributed by atoms with Gasteiger partial charge in [-0.05, 0) is 55.2 Å². The zero-order valence-corrected chi connectivity index (χ0v) is 17.5. The lowest BCUT2D eigenvalue weighted by atomic mass is 9.80. The molecular formula is C24H38O3. The highest BCUT2D eigenvalue weighted by atomic mass is 16.5. The lowest BCUT2D eigenvalue weighted by Gasteiger charge is -2.27. The van der Waals surface area contributed by atoms with Crippen LogP contribution in [0.1, 0.15) is 77.2 Å². The van der Waals surface area contributed by atoms with Crippen molar-refractivity contribution in [3.63, 3.8) is 0 Å². The summed E-state index contributed by atoms with van der Waals surface area (Å²) < 4.78 is 10.9. The van der Waals surface area contributed by atoms with Crippen LogP contribution in [0, 0.1) is 17.8 Å². The Hall–Kier alpha value is -1.51. The van der Waals surface area contributed by atoms with E-state index in [0.717, 1.165) is 44.0 Å². The molecule has 27 heavy (non-hydrogen) atoms. The van der Waals surface area contributed by atoms with E-state index < -0.39 is 0 Å². The zero-order chi connectivity index (χ0) is 19.5. The SMILES string of the molecule is CCCCC(CC)Cc1ccc(OCC[C@@H]2CCC[C@H](C(=O)OC)C2)cc1. The van der Waals surface area contributed by atoms with Gasteiger partial charge in [0.2, 0.25) is 0 Å². The van der Waals surface area contributed by atoms with Crippen molar-refractivity contribution >= 4 is 5.97 Å². The second-order valence-corrected chi connectivity index (χ2v) is 8.15. The fourth-order valence-electron chi connectivity index (χ4n) is 4.28. The topological polar surface area (TPSA) is 35.5 Å². The van der Waals surface area contributed by atoms with Crippen LogP contribution in [-0.4, -0.2) is 19.7 Å². The van der Waals surface area contributed by atoms with Crippen molar-refractivity contribution in [3.05, 3.63) is 29.8 Å². The van der Waals surface area contributed by atoms with E-state index in [9.17, 15) is 4.79 Å². The summed E-state index contributed by atoms with van der Waals surface area (Å²) in [6.07, 6.45) is 11.6. The molecule has 1 saturated carbocycles. The number of hydrogen-bond donors (Lipinski definition) is 0. The highest BCUT2D eigenvalue weighted by Gasteiger charge is 2.27. The quantitative estimate of drug-likeness (QED) is 0.433. The minimum absolute atomic E-state index is 0.0412. The first-order valence-corrected chi connectivity index (χ1v) is 11.0. The summed E-state index contributed by atoms with van der Waals surface area (Å²) in [5, 5.41) is 0. The van der Waals surface area contributed by atoms with Crippen molar-refractivity contribution in [3.8, 4) is 5.75 Å². The molecule has 0 bridgehead atoms. The number of benzene rings is 1. The van der Waals surface area contributed by atoms with Gasteiger partial charge >= 0.3 is 5.97 Å². The Bertz CT molecular complexity index is 537. The maximum absolute atomic E-state index is 11.7. The van der Waals surface area contributed by atoms with Gasteiger partial charge in [-0.15, -0.1) is 0 Å². The van der Waals surface area contributed by atoms with Crippen molar-refractivity contribution in [2.75, 3.05) is 13.7 Å². The van der Waals surface area contributed by atoms with Crippen molar-refractivity contribution in [1.29, 1.82) is 0 Å². The average molecular weight is 375 g/mol. The van der Waals surface area contributed by atoms with E-state index in [0.29, 0.717) is 5.92 Å². The van der Waals surface area contributed by atoms with E-state index in [4.69, 9.17) is 9.47 Å². The van der Waals surface area contributed by atoms with E-state index in [1.807, 2.05) is 0 Å². The summed E-state index contributed by atoms with van der Waals surface area (Å²) in [6, 6.07) is 8.66. The van der Waals surface area contributed by atoms with Gasteiger partial charge in [-0.3, -0.25) is 4.79 Å². The molecule has 0 spiro atoms. The molecule has 1 fully saturated rings. The van der Waals surface area contributed by atoms with Gasteiger partial charge < -0.3 is 9.47 Å². The molecule has 0 aromatic heterocycles. The number of ether oxygens (including phenoxy) is 2. The number of esters is 1. The minimum Gasteiger partial charge on any atom is -0.494 e. The standard InChI is InChI=1S/C24H38O3/c1-4-6-8-19(5-2)17-21-11-13-23(14-12-21)27-16-15-20-9-7-10-22(18-20)24(25)26-3/h11-14,19-20,22H,4-10,15-18H2,1-3H3/t19?,20-,22-/m0/s1. The van der Waals surface area contributed by atoms with Crippen molar-refractivity contribution < 1.29 is 14.3 Å². The summed E-state index contributed by atoms with van der Waals surface area (Å²) in [4.78, 5) is 11.7. The fourth-order valence-corrected chi connectivity index (χ4v) is 4.28. The Balaban J connectivity index is 1.72. The van der Waals surface area contributed by atoms with Gasteiger partial charge in [-0.25, -0.2) is 0 Å². The lowest BCUT2D eigenvalue weighted by molar-refractivity contribution is -0.147. The third kappa shape index (κ3) is 7.56. The molecule has 3 nitrogen and oxygen atoms in total. The van der Waals surface area contributed by atoms with E-state index in [2.05, 4.69) is 38.1 Å². The lowest BCUT2D eigenvalue weighted by Crippen LogP contribution is -2.24. The van der Waals surface area contributed by atoms with Crippen LogP contribution in [0.3, 0.4) is 0 Å². The zero-order valence-electron chi connectivity index (χ0n) is 17.5. The smallest absolute Gasteiger partial charge is 0.308 e. The molecule has 1 unspecified atom stereocenters. The van der Waals surface area contributed by atoms with Crippen LogP contribution in [0.15, 0.2) is 24.3 Å². The number of carbonyl (C=O) groups is 1. The number of methoxy groups -OCH3 is 1. The van der Waals surface area contributed by atoms with Gasteiger partial charge in [-0.1, -0.05) is 64.5 Å². The third-order valence-corrected chi connectivity index (χ3v) is 6.10. The van der Waals surface area contributed by atoms with E-state index in [-0.39, 0.29) is 11.9 Å². The van der Waals surface area contributed by atoms with Crippen molar-refractivity contribution in [1.82, 2.24) is 0 Å². The van der Waals surface area contributed by atoms with Crippen LogP contribution in [0.25, 0.3) is 0 Å². The first-order valence-electron chi connectivity index (χ1n) is 11.0. The minimum atomic E-state index is -0.0412. The summed E-state index contributed by atoms with van der Waals surface area (Å²) in [5.41, 5.74) is 1.42. The largest absolute Gasteiger partial charge is 0.494 e. The predicted octanol–water partition coefficient (Wildman–Crippen LogP) is 6.19. The summed E-state index contributed by atoms with van der Waals surface area (Å²) >= 11 is 0. The van der Waals surface area contributed by atoms with Crippen LogP contribution < -0.4 is 4.74 Å². The number of unbranched alkanes of at least 4 members (excludes halogenated alkanes) is 1. The van der Waals surface area contributed by atoms with Gasteiger partial charge in [0.05, 0.1) is 19.6 Å². The van der Waals surface area contributed by atoms with Gasteiger partial charge in [0.15, 0.2) is 0 Å². The predicted molar refractivity (Wildman–Crippen MR) is 111 cm³/mol. The van der Waals surface area contributed by atoms with E-state index >= 15 is 0 Å². The molecular weight excluding hydrogens is 336 g/mol. The Morgan fingerprint density at radius 2 is 1.96 bits per heavy atom. The van der Waals surface area contributed by atoms with Crippen molar-refractivity contribution in [2.24, 2.45) is 17.8 Å². The molecule has 1 aliphatic carbocycles. The number of rotatable bonds is 11. The number of hydrogen-bond acceptors (Lipinski definition) is 3. The molecule has 0 saturated heterocycles. The van der Waals surface area contributed by atoms with E-state index in [1.54, 1.807) is 0 Å². The van der Waals surface area contributed by atoms with Crippen LogP contribution in [-0.2, 0) is 16.0 Å². The molecule has 0 aliphatic heterocycles. The maximum atomic E-state index is 11.7. The molecule has 0 heterocycles. The molecule has 1 aromatic rings. The third-order valence-electron chi connectivity index (χ3n) is 6.10. The molecule has 2 rings (SSSR count). The van der Waals surface area contributed by atoms with Gasteiger partial charge in [0.1, 0.15) is 5.75 Å². The summed E-state index contributed by atoms with van der Waals surface area (Å²) in [5.74, 6) is 2.38. The second kappa shape index (κ2) is 12.0. The Morgan fingerprint density at radius 3 is 2.63 bits per heavy atom. The molecule has 3 atom stereocenters. The summed E-state index contributed by atoms with van der Waals surface area (Å²) in [7, 11) is 1.49. The van der Waals surface area contributed by atoms with Crippen LogP contribution in [0.4, 0.5) is 0 Å². The van der Waals surface area contributed by atoms with Gasteiger partial charge in [0.25, 0.3) is 0 Å². The Morgan fingerprint density at radius 1 is 1.19 bits per heavy atom. The summed E-state index contributed by atoms with van der Waals surface area (Å²) in [6.45, 7) is 5.29. The first kappa shape index (κ1) is 21.8. The van der Waals surface area contributed by atoms with E-state index in [1.165, 1.54) is 51.2 Å². The van der Waals surface area contributed by atoms with Crippen LogP contribution in [0.5, 0.6) is 5.75 Å². The van der Waals surface area contributed by atoms with Crippen molar-refractivity contribution in [2.45, 2.75) is 78.1 Å². The number of carbonyl (C=O) groups excluding carboxylic acids is 1. The highest BCUT2D eigenvalue weighted by Crippen LogP contribution is 2.32. The maximum Gasteiger partial charge on any atom is 0.308 e. The molecule has 3 heteroatoms. The van der Waals surface area contributed by atoms with Gasteiger partial charge in [0, 0.05) is 0 Å². The van der Waals surface area contributed by atoms with Crippen LogP contribution >= 0.6 is 0 Å². The molecule has 0 N–H and O–H groups in total. The molecule has 0 radical (unpaired) electrons. The first-order chi connectivity index (χ1) is 13.2. The monoisotopic (exact) mass is 374 g/mol. The van der Waals surface area contributed by atoms with Crippen LogP contribution in [0.2, 0.25) is 0 Å². The Kier molecular flexibility index (Phi) is 9.72. The molecule has 1 aliphatic rings. The highest BCUT2D eigenvalue weighted by molar-refractivity contribution is 5.72. The molecule has 152 valence electrons. The molecule has 0 amide bonds. The second-order valence-electron chi connectivity index (χ2n) is 8.15. The fraction of sp³-hybridized carbons (Fsp3) is 0.708. The Labute approximate surface area is 165 Å². The average Bonchev–Trinajstić information content (AvgIpc) is 2.71. The normalized spacial score (nSPS) is 20.9. The van der Waals surface area contributed by atoms with Gasteiger partial charge in [-0.2, -0.15) is 0 Å².